The van der Waals surface area contributed by atoms with Gasteiger partial charge in [0.1, 0.15) is 0 Å². The fourth-order valence-electron chi connectivity index (χ4n) is 1.59. The zero-order valence-corrected chi connectivity index (χ0v) is 11.0. The summed E-state index contributed by atoms with van der Waals surface area (Å²) in [5, 5.41) is 6.81. The first kappa shape index (κ1) is 14.2. The van der Waals surface area contributed by atoms with Gasteiger partial charge in [-0.25, -0.2) is 15.8 Å². The molecule has 0 saturated carbocycles. The van der Waals surface area contributed by atoms with Crippen LogP contribution in [0.25, 0.3) is 0 Å². The highest BCUT2D eigenvalue weighted by molar-refractivity contribution is 5.88. The lowest BCUT2D eigenvalue weighted by Gasteiger charge is -2.27. The lowest BCUT2D eigenvalue weighted by Crippen LogP contribution is -2.46. The molecule has 1 atom stereocenters. The first-order chi connectivity index (χ1) is 8.46. The number of anilines is 1. The van der Waals surface area contributed by atoms with Gasteiger partial charge in [-0.1, -0.05) is 20.8 Å². The highest BCUT2D eigenvalue weighted by atomic mass is 15.3. The van der Waals surface area contributed by atoms with Crippen molar-refractivity contribution in [3.05, 3.63) is 18.5 Å². The second-order valence-corrected chi connectivity index (χ2v) is 5.19. The minimum absolute atomic E-state index is 0.0826. The van der Waals surface area contributed by atoms with E-state index in [2.05, 4.69) is 46.6 Å². The Hall–Kier alpha value is -1.89. The van der Waals surface area contributed by atoms with Gasteiger partial charge in [-0.2, -0.15) is 5.10 Å². The molecule has 18 heavy (non-hydrogen) atoms. The molecule has 0 spiro atoms. The maximum absolute atomic E-state index is 5.42. The Kier molecular flexibility index (Phi) is 4.85. The first-order valence-electron chi connectivity index (χ1n) is 5.74. The van der Waals surface area contributed by atoms with Crippen LogP contribution >= 0.6 is 0 Å². The predicted molar refractivity (Wildman–Crippen MR) is 72.5 cm³/mol. The third-order valence-corrected chi connectivity index (χ3v) is 2.30. The van der Waals surface area contributed by atoms with Crippen molar-refractivity contribution in [3.63, 3.8) is 0 Å². The molecule has 1 unspecified atom stereocenters. The van der Waals surface area contributed by atoms with E-state index in [1.165, 1.54) is 0 Å². The molecular weight excluding hydrogens is 230 g/mol. The number of hydrazine groups is 1. The van der Waals surface area contributed by atoms with E-state index in [1.807, 2.05) is 0 Å². The van der Waals surface area contributed by atoms with Crippen LogP contribution in [0.2, 0.25) is 0 Å². The Morgan fingerprint density at radius 3 is 2.44 bits per heavy atom. The van der Waals surface area contributed by atoms with Crippen LogP contribution in [-0.2, 0) is 0 Å². The summed E-state index contributed by atoms with van der Waals surface area (Å²) in [7, 11) is 0. The molecule has 0 aromatic carbocycles. The maximum Gasteiger partial charge on any atom is 0.223 e. The van der Waals surface area contributed by atoms with E-state index < -0.39 is 0 Å². The average molecular weight is 251 g/mol. The van der Waals surface area contributed by atoms with Crippen LogP contribution in [0.4, 0.5) is 5.95 Å². The molecule has 7 heteroatoms. The summed E-state index contributed by atoms with van der Waals surface area (Å²) >= 11 is 0. The molecule has 1 aromatic rings. The van der Waals surface area contributed by atoms with E-state index >= 15 is 0 Å². The number of nitrogens with zero attached hydrogens (tertiary/aromatic N) is 3. The van der Waals surface area contributed by atoms with Gasteiger partial charge in [-0.15, -0.1) is 0 Å². The monoisotopic (exact) mass is 251 g/mol. The molecule has 1 rings (SSSR count). The molecule has 0 saturated heterocycles. The fraction of sp³-hybridized carbons (Fsp3) is 0.545. The standard InChI is InChI=1S/C11H21N7/c1-11(2,3)7-8(9(17-12)18-13)16-10-14-5-4-6-15-10/h4-6,8H,7,12-13H2,1-3H3,(H,17,18)(H,14,15,16). The lowest BCUT2D eigenvalue weighted by atomic mass is 9.87. The average Bonchev–Trinajstić information content (AvgIpc) is 2.29. The summed E-state index contributed by atoms with van der Waals surface area (Å²) in [5.74, 6) is 11.7. The van der Waals surface area contributed by atoms with Crippen LogP contribution in [-0.4, -0.2) is 21.8 Å². The number of rotatable bonds is 4. The van der Waals surface area contributed by atoms with Crippen molar-refractivity contribution < 1.29 is 0 Å². The predicted octanol–water partition coefficient (Wildman–Crippen LogP) is 0.429. The normalized spacial score (nSPS) is 14.1. The van der Waals surface area contributed by atoms with E-state index in [0.717, 1.165) is 6.42 Å². The van der Waals surface area contributed by atoms with Crippen LogP contribution in [0, 0.1) is 5.41 Å². The second kappa shape index (κ2) is 6.15. The van der Waals surface area contributed by atoms with Crippen molar-refractivity contribution in [2.75, 3.05) is 5.32 Å². The van der Waals surface area contributed by atoms with Gasteiger partial charge < -0.3 is 16.6 Å². The van der Waals surface area contributed by atoms with Crippen LogP contribution in [0.15, 0.2) is 23.6 Å². The molecule has 0 radical (unpaired) electrons. The maximum atomic E-state index is 5.42. The van der Waals surface area contributed by atoms with Crippen molar-refractivity contribution >= 4 is 11.8 Å². The number of aromatic nitrogens is 2. The van der Waals surface area contributed by atoms with Crippen LogP contribution in [0.5, 0.6) is 0 Å². The molecule has 100 valence electrons. The quantitative estimate of drug-likeness (QED) is 0.267. The molecule has 0 bridgehead atoms. The van der Waals surface area contributed by atoms with E-state index in [4.69, 9.17) is 11.7 Å². The van der Waals surface area contributed by atoms with Gasteiger partial charge in [-0.3, -0.25) is 0 Å². The number of nitrogens with one attached hydrogen (secondary N) is 2. The summed E-state index contributed by atoms with van der Waals surface area (Å²) in [6, 6.07) is 1.59. The largest absolute Gasteiger partial charge is 0.344 e. The molecule has 0 aliphatic rings. The minimum atomic E-state index is -0.164. The summed E-state index contributed by atoms with van der Waals surface area (Å²) in [6.45, 7) is 6.37. The fourth-order valence-corrected chi connectivity index (χ4v) is 1.59. The number of nitrogens with two attached hydrogens (primary N) is 2. The van der Waals surface area contributed by atoms with Crippen LogP contribution in [0.1, 0.15) is 27.2 Å². The topological polar surface area (TPSA) is 114 Å². The third-order valence-electron chi connectivity index (χ3n) is 2.30. The van der Waals surface area contributed by atoms with Crippen molar-refractivity contribution in [1.82, 2.24) is 15.4 Å². The Bertz CT molecular complexity index is 382. The first-order valence-corrected chi connectivity index (χ1v) is 5.74. The summed E-state index contributed by atoms with van der Waals surface area (Å²) < 4.78 is 0. The Morgan fingerprint density at radius 2 is 2.00 bits per heavy atom. The van der Waals surface area contributed by atoms with Crippen molar-refractivity contribution in [1.29, 1.82) is 0 Å². The zero-order chi connectivity index (χ0) is 13.6. The summed E-state index contributed by atoms with van der Waals surface area (Å²) in [4.78, 5) is 8.23. The van der Waals surface area contributed by atoms with Gasteiger partial charge in [0.2, 0.25) is 5.95 Å². The number of hydrogen-bond acceptors (Lipinski definition) is 6. The van der Waals surface area contributed by atoms with Gasteiger partial charge in [0.25, 0.3) is 0 Å². The number of amidine groups is 1. The highest BCUT2D eigenvalue weighted by Crippen LogP contribution is 2.22. The number of hydrazone groups is 1. The SMILES string of the molecule is CC(C)(C)CC(Nc1ncccn1)/C(=N/N)NN. The molecule has 0 aliphatic heterocycles. The molecule has 0 aliphatic carbocycles. The van der Waals surface area contributed by atoms with Gasteiger partial charge in [0, 0.05) is 12.4 Å². The lowest BCUT2D eigenvalue weighted by molar-refractivity contribution is 0.371. The van der Waals surface area contributed by atoms with Crippen molar-refractivity contribution in [2.24, 2.45) is 22.2 Å². The van der Waals surface area contributed by atoms with Gasteiger partial charge >= 0.3 is 0 Å². The molecule has 0 amide bonds. The second-order valence-electron chi connectivity index (χ2n) is 5.19. The molecular formula is C11H21N7. The van der Waals surface area contributed by atoms with Crippen molar-refractivity contribution in [3.8, 4) is 0 Å². The minimum Gasteiger partial charge on any atom is -0.344 e. The summed E-state index contributed by atoms with van der Waals surface area (Å²) in [5.41, 5.74) is 2.58. The Morgan fingerprint density at radius 1 is 1.39 bits per heavy atom. The highest BCUT2D eigenvalue weighted by Gasteiger charge is 2.23. The van der Waals surface area contributed by atoms with Crippen LogP contribution in [0.3, 0.4) is 0 Å². The van der Waals surface area contributed by atoms with Crippen LogP contribution < -0.4 is 22.4 Å². The van der Waals surface area contributed by atoms with E-state index in [1.54, 1.807) is 18.5 Å². The van der Waals surface area contributed by atoms with E-state index in [0.29, 0.717) is 11.8 Å². The molecule has 1 aromatic heterocycles. The Labute approximate surface area is 107 Å². The molecule has 1 heterocycles. The van der Waals surface area contributed by atoms with Gasteiger partial charge in [-0.05, 0) is 17.9 Å². The zero-order valence-electron chi connectivity index (χ0n) is 11.0. The number of hydrogen-bond donors (Lipinski definition) is 4. The van der Waals surface area contributed by atoms with E-state index in [-0.39, 0.29) is 11.5 Å². The molecule has 6 N–H and O–H groups in total. The summed E-state index contributed by atoms with van der Waals surface area (Å²) in [6.07, 6.45) is 4.11. The molecule has 7 nitrogen and oxygen atoms in total. The smallest absolute Gasteiger partial charge is 0.223 e. The third kappa shape index (κ3) is 4.54. The van der Waals surface area contributed by atoms with Crippen molar-refractivity contribution in [2.45, 2.75) is 33.2 Å². The van der Waals surface area contributed by atoms with Gasteiger partial charge in [0.05, 0.1) is 6.04 Å². The van der Waals surface area contributed by atoms with E-state index in [9.17, 15) is 0 Å². The molecule has 0 fully saturated rings. The van der Waals surface area contributed by atoms with Gasteiger partial charge in [0.15, 0.2) is 5.84 Å². The Balaban J connectivity index is 2.84.